The summed E-state index contributed by atoms with van der Waals surface area (Å²) < 4.78 is 0. The lowest BCUT2D eigenvalue weighted by atomic mass is 9.87. The van der Waals surface area contributed by atoms with Crippen LogP contribution in [-0.2, 0) is 4.79 Å². The molecule has 0 fully saturated rings. The molecule has 0 bridgehead atoms. The zero-order valence-electron chi connectivity index (χ0n) is 8.93. The van der Waals surface area contributed by atoms with Crippen LogP contribution in [0.25, 0.3) is 0 Å². The van der Waals surface area contributed by atoms with Crippen molar-refractivity contribution in [3.63, 3.8) is 0 Å². The molecule has 0 aliphatic heterocycles. The van der Waals surface area contributed by atoms with Crippen LogP contribution in [-0.4, -0.2) is 24.9 Å². The minimum absolute atomic E-state index is 0.0578. The molecule has 12 heavy (non-hydrogen) atoms. The van der Waals surface area contributed by atoms with Crippen molar-refractivity contribution in [1.29, 1.82) is 0 Å². The summed E-state index contributed by atoms with van der Waals surface area (Å²) in [6, 6.07) is 0. The maximum Gasteiger partial charge on any atom is 0.245 e. The van der Waals surface area contributed by atoms with Crippen molar-refractivity contribution >= 4 is 5.91 Å². The van der Waals surface area contributed by atoms with Crippen LogP contribution >= 0.6 is 0 Å². The van der Waals surface area contributed by atoms with E-state index in [0.717, 1.165) is 5.57 Å². The van der Waals surface area contributed by atoms with Crippen LogP contribution in [0.3, 0.4) is 0 Å². The molecular weight excluding hydrogens is 150 g/mol. The Labute approximate surface area is 75.3 Å². The molecule has 0 radical (unpaired) electrons. The molecule has 0 aliphatic rings. The van der Waals surface area contributed by atoms with Gasteiger partial charge in [0.2, 0.25) is 5.91 Å². The van der Waals surface area contributed by atoms with E-state index in [1.807, 2.05) is 6.92 Å². The second-order valence-electron chi connectivity index (χ2n) is 4.31. The SMILES string of the molecule is C/C(=C\C(=O)N(C)C)C(C)(C)C. The van der Waals surface area contributed by atoms with E-state index in [0.29, 0.717) is 0 Å². The molecule has 0 heterocycles. The van der Waals surface area contributed by atoms with Crippen LogP contribution in [0.4, 0.5) is 0 Å². The molecule has 0 unspecified atom stereocenters. The van der Waals surface area contributed by atoms with Crippen molar-refractivity contribution in [2.24, 2.45) is 5.41 Å². The smallest absolute Gasteiger partial charge is 0.245 e. The Balaban J connectivity index is 4.48. The molecule has 2 nitrogen and oxygen atoms in total. The Bertz CT molecular complexity index is 196. The van der Waals surface area contributed by atoms with E-state index in [4.69, 9.17) is 0 Å². The Morgan fingerprint density at radius 3 is 1.92 bits per heavy atom. The lowest BCUT2D eigenvalue weighted by Gasteiger charge is -2.19. The van der Waals surface area contributed by atoms with Gasteiger partial charge in [-0.2, -0.15) is 0 Å². The van der Waals surface area contributed by atoms with Gasteiger partial charge in [0.1, 0.15) is 0 Å². The van der Waals surface area contributed by atoms with E-state index in [-0.39, 0.29) is 11.3 Å². The normalized spacial score (nSPS) is 13.0. The summed E-state index contributed by atoms with van der Waals surface area (Å²) in [4.78, 5) is 12.8. The number of carbonyl (C=O) groups is 1. The van der Waals surface area contributed by atoms with Crippen molar-refractivity contribution in [3.05, 3.63) is 11.6 Å². The van der Waals surface area contributed by atoms with Crippen LogP contribution in [0.5, 0.6) is 0 Å². The van der Waals surface area contributed by atoms with Gasteiger partial charge in [0.15, 0.2) is 0 Å². The maximum absolute atomic E-state index is 11.2. The molecule has 2 heteroatoms. The zero-order valence-corrected chi connectivity index (χ0v) is 8.93. The second-order valence-corrected chi connectivity index (χ2v) is 4.31. The summed E-state index contributed by atoms with van der Waals surface area (Å²) in [6.45, 7) is 8.28. The second kappa shape index (κ2) is 3.74. The fourth-order valence-electron chi connectivity index (χ4n) is 0.531. The fourth-order valence-corrected chi connectivity index (χ4v) is 0.531. The van der Waals surface area contributed by atoms with Gasteiger partial charge in [0, 0.05) is 20.2 Å². The van der Waals surface area contributed by atoms with Crippen LogP contribution < -0.4 is 0 Å². The molecule has 0 atom stereocenters. The summed E-state index contributed by atoms with van der Waals surface area (Å²) in [7, 11) is 3.52. The van der Waals surface area contributed by atoms with Gasteiger partial charge in [-0.05, 0) is 12.3 Å². The molecule has 0 aromatic heterocycles. The third kappa shape index (κ3) is 3.56. The van der Waals surface area contributed by atoms with Crippen molar-refractivity contribution in [1.82, 2.24) is 4.90 Å². The molecule has 0 N–H and O–H groups in total. The first-order valence-corrected chi connectivity index (χ1v) is 4.15. The number of hydrogen-bond acceptors (Lipinski definition) is 1. The van der Waals surface area contributed by atoms with Crippen LogP contribution in [0.2, 0.25) is 0 Å². The molecule has 0 aromatic carbocycles. The number of rotatable bonds is 1. The molecule has 0 spiro atoms. The van der Waals surface area contributed by atoms with Crippen molar-refractivity contribution in [3.8, 4) is 0 Å². The molecule has 0 rings (SSSR count). The molecule has 0 saturated heterocycles. The predicted molar refractivity (Wildman–Crippen MR) is 51.9 cm³/mol. The third-order valence-electron chi connectivity index (χ3n) is 1.96. The number of hydrogen-bond donors (Lipinski definition) is 0. The lowest BCUT2D eigenvalue weighted by Crippen LogP contribution is -2.21. The predicted octanol–water partition coefficient (Wildman–Crippen LogP) is 2.07. The van der Waals surface area contributed by atoms with Crippen molar-refractivity contribution in [2.45, 2.75) is 27.7 Å². The van der Waals surface area contributed by atoms with Gasteiger partial charge in [0.25, 0.3) is 0 Å². The van der Waals surface area contributed by atoms with E-state index >= 15 is 0 Å². The van der Waals surface area contributed by atoms with Gasteiger partial charge < -0.3 is 4.90 Å². The number of nitrogens with zero attached hydrogens (tertiary/aromatic N) is 1. The van der Waals surface area contributed by atoms with Gasteiger partial charge in [-0.25, -0.2) is 0 Å². The number of amides is 1. The van der Waals surface area contributed by atoms with Gasteiger partial charge >= 0.3 is 0 Å². The van der Waals surface area contributed by atoms with E-state index in [9.17, 15) is 4.79 Å². The quantitative estimate of drug-likeness (QED) is 0.550. The highest BCUT2D eigenvalue weighted by Gasteiger charge is 2.13. The Morgan fingerprint density at radius 2 is 1.67 bits per heavy atom. The largest absolute Gasteiger partial charge is 0.345 e. The van der Waals surface area contributed by atoms with Gasteiger partial charge in [0.05, 0.1) is 0 Å². The molecule has 0 aromatic rings. The van der Waals surface area contributed by atoms with E-state index in [2.05, 4.69) is 20.8 Å². The monoisotopic (exact) mass is 169 g/mol. The third-order valence-corrected chi connectivity index (χ3v) is 1.96. The van der Waals surface area contributed by atoms with Crippen LogP contribution in [0.1, 0.15) is 27.7 Å². The van der Waals surface area contributed by atoms with Crippen LogP contribution in [0.15, 0.2) is 11.6 Å². The standard InChI is InChI=1S/C10H19NO/c1-8(10(2,3)4)7-9(12)11(5)6/h7H,1-6H3/b8-7+. The topological polar surface area (TPSA) is 20.3 Å². The average molecular weight is 169 g/mol. The molecule has 70 valence electrons. The maximum atomic E-state index is 11.2. The van der Waals surface area contributed by atoms with Crippen LogP contribution in [0, 0.1) is 5.41 Å². The minimum Gasteiger partial charge on any atom is -0.345 e. The van der Waals surface area contributed by atoms with Gasteiger partial charge in [-0.3, -0.25) is 4.79 Å². The number of carbonyl (C=O) groups excluding carboxylic acids is 1. The highest BCUT2D eigenvalue weighted by atomic mass is 16.2. The first kappa shape index (κ1) is 11.2. The first-order chi connectivity index (χ1) is 5.25. The lowest BCUT2D eigenvalue weighted by molar-refractivity contribution is -0.123. The minimum atomic E-state index is 0.0578. The highest BCUT2D eigenvalue weighted by molar-refractivity contribution is 5.87. The first-order valence-electron chi connectivity index (χ1n) is 4.15. The fraction of sp³-hybridized carbons (Fsp3) is 0.700. The number of allylic oxidation sites excluding steroid dienone is 1. The molecule has 0 saturated carbocycles. The van der Waals surface area contributed by atoms with Crippen molar-refractivity contribution in [2.75, 3.05) is 14.1 Å². The highest BCUT2D eigenvalue weighted by Crippen LogP contribution is 2.23. The Morgan fingerprint density at radius 1 is 1.25 bits per heavy atom. The summed E-state index contributed by atoms with van der Waals surface area (Å²) in [5.41, 5.74) is 1.20. The molecular formula is C10H19NO. The molecule has 1 amide bonds. The van der Waals surface area contributed by atoms with Gasteiger partial charge in [-0.15, -0.1) is 0 Å². The molecule has 0 aliphatic carbocycles. The van der Waals surface area contributed by atoms with E-state index in [1.54, 1.807) is 25.1 Å². The summed E-state index contributed by atoms with van der Waals surface area (Å²) >= 11 is 0. The summed E-state index contributed by atoms with van der Waals surface area (Å²) in [6.07, 6.45) is 1.69. The zero-order chi connectivity index (χ0) is 9.94. The Kier molecular flexibility index (Phi) is 3.50. The van der Waals surface area contributed by atoms with Gasteiger partial charge in [-0.1, -0.05) is 26.3 Å². The summed E-state index contributed by atoms with van der Waals surface area (Å²) in [5, 5.41) is 0. The van der Waals surface area contributed by atoms with E-state index < -0.39 is 0 Å². The summed E-state index contributed by atoms with van der Waals surface area (Å²) in [5.74, 6) is 0.0578. The van der Waals surface area contributed by atoms with Crippen molar-refractivity contribution < 1.29 is 4.79 Å². The average Bonchev–Trinajstić information content (AvgIpc) is 1.85. The number of likely N-dealkylation sites (N-methyl/N-ethyl adjacent to an activating group) is 1. The Hall–Kier alpha value is -0.790. The van der Waals surface area contributed by atoms with E-state index in [1.165, 1.54) is 0 Å².